The van der Waals surface area contributed by atoms with Gasteiger partial charge >= 0.3 is 0 Å². The summed E-state index contributed by atoms with van der Waals surface area (Å²) in [5, 5.41) is 12.3. The van der Waals surface area contributed by atoms with Gasteiger partial charge in [-0.05, 0) is 31.0 Å². The van der Waals surface area contributed by atoms with E-state index >= 15 is 0 Å². The van der Waals surface area contributed by atoms with E-state index in [1.54, 1.807) is 4.80 Å². The van der Waals surface area contributed by atoms with E-state index in [-0.39, 0.29) is 0 Å². The number of benzene rings is 1. The molecule has 0 fully saturated rings. The molecule has 0 amide bonds. The summed E-state index contributed by atoms with van der Waals surface area (Å²) in [6.45, 7) is 6.37. The maximum Gasteiger partial charge on any atom is 0.0969 e. The Bertz CT molecular complexity index is 507. The minimum Gasteiger partial charge on any atom is -0.311 e. The van der Waals surface area contributed by atoms with Crippen molar-refractivity contribution in [3.63, 3.8) is 0 Å². The van der Waals surface area contributed by atoms with E-state index in [4.69, 9.17) is 0 Å². The number of aromatic nitrogens is 3. The summed E-state index contributed by atoms with van der Waals surface area (Å²) >= 11 is 0. The zero-order chi connectivity index (χ0) is 14.9. The van der Waals surface area contributed by atoms with Gasteiger partial charge in [0.05, 0.1) is 17.6 Å². The van der Waals surface area contributed by atoms with E-state index in [9.17, 15) is 0 Å². The fourth-order valence-electron chi connectivity index (χ4n) is 2.41. The zero-order valence-corrected chi connectivity index (χ0v) is 13.1. The number of para-hydroxylation sites is 1. The summed E-state index contributed by atoms with van der Waals surface area (Å²) in [6.07, 6.45) is 7.00. The summed E-state index contributed by atoms with van der Waals surface area (Å²) in [6, 6.07) is 10.0. The Morgan fingerprint density at radius 1 is 1.19 bits per heavy atom. The van der Waals surface area contributed by atoms with Gasteiger partial charge in [0.25, 0.3) is 0 Å². The monoisotopic (exact) mass is 286 g/mol. The number of nitrogens with one attached hydrogen (secondary N) is 1. The van der Waals surface area contributed by atoms with Crippen LogP contribution in [0.1, 0.15) is 45.2 Å². The second-order valence-electron chi connectivity index (χ2n) is 5.51. The molecular weight excluding hydrogens is 260 g/mol. The van der Waals surface area contributed by atoms with Crippen LogP contribution in [0.4, 0.5) is 0 Å². The molecule has 0 bridgehead atoms. The highest BCUT2D eigenvalue weighted by molar-refractivity contribution is 5.28. The maximum atomic E-state index is 4.51. The van der Waals surface area contributed by atoms with Gasteiger partial charge in [-0.25, -0.2) is 0 Å². The molecule has 0 aliphatic rings. The number of hydrogen-bond acceptors (Lipinski definition) is 3. The van der Waals surface area contributed by atoms with Crippen LogP contribution in [-0.4, -0.2) is 21.5 Å². The summed E-state index contributed by atoms with van der Waals surface area (Å²) < 4.78 is 0. The lowest BCUT2D eigenvalue weighted by Crippen LogP contribution is -2.22. The first-order valence-corrected chi connectivity index (χ1v) is 8.00. The highest BCUT2D eigenvalue weighted by Gasteiger charge is 2.06. The number of unbranched alkanes of at least 4 members (excludes halogenated alkanes) is 1. The van der Waals surface area contributed by atoms with Crippen molar-refractivity contribution >= 4 is 0 Å². The molecule has 4 heteroatoms. The second-order valence-corrected chi connectivity index (χ2v) is 5.51. The summed E-state index contributed by atoms with van der Waals surface area (Å²) in [5.74, 6) is 0.772. The average molecular weight is 286 g/mol. The van der Waals surface area contributed by atoms with E-state index in [1.807, 2.05) is 36.5 Å². The van der Waals surface area contributed by atoms with Gasteiger partial charge in [0.2, 0.25) is 0 Å². The molecule has 0 saturated heterocycles. The van der Waals surface area contributed by atoms with Crippen molar-refractivity contribution in [3.8, 4) is 5.69 Å². The minimum absolute atomic E-state index is 0.772. The molecule has 0 aliphatic carbocycles. The molecule has 0 saturated carbocycles. The van der Waals surface area contributed by atoms with E-state index in [1.165, 1.54) is 25.7 Å². The van der Waals surface area contributed by atoms with Crippen LogP contribution in [0.3, 0.4) is 0 Å². The van der Waals surface area contributed by atoms with Gasteiger partial charge in [-0.15, -0.1) is 0 Å². The number of nitrogens with zero attached hydrogens (tertiary/aromatic N) is 3. The molecule has 114 valence electrons. The molecule has 1 unspecified atom stereocenters. The predicted octanol–water partition coefficient (Wildman–Crippen LogP) is 3.57. The Morgan fingerprint density at radius 3 is 2.71 bits per heavy atom. The fraction of sp³-hybridized carbons (Fsp3) is 0.529. The van der Waals surface area contributed by atoms with Gasteiger partial charge in [-0.2, -0.15) is 15.0 Å². The summed E-state index contributed by atoms with van der Waals surface area (Å²) in [5.41, 5.74) is 1.99. The normalized spacial score (nSPS) is 12.5. The van der Waals surface area contributed by atoms with Crippen molar-refractivity contribution in [2.24, 2.45) is 5.92 Å². The van der Waals surface area contributed by atoms with Gasteiger partial charge in [0, 0.05) is 6.54 Å². The van der Waals surface area contributed by atoms with Crippen molar-refractivity contribution in [1.82, 2.24) is 20.3 Å². The largest absolute Gasteiger partial charge is 0.311 e. The predicted molar refractivity (Wildman–Crippen MR) is 86.4 cm³/mol. The third kappa shape index (κ3) is 4.97. The van der Waals surface area contributed by atoms with Gasteiger partial charge in [-0.3, -0.25) is 0 Å². The van der Waals surface area contributed by atoms with Crippen LogP contribution >= 0.6 is 0 Å². The molecule has 1 atom stereocenters. The first-order valence-electron chi connectivity index (χ1n) is 8.00. The molecular formula is C17H26N4. The molecule has 1 N–H and O–H groups in total. The molecule has 0 radical (unpaired) electrons. The van der Waals surface area contributed by atoms with Crippen molar-refractivity contribution in [2.75, 3.05) is 6.54 Å². The zero-order valence-electron chi connectivity index (χ0n) is 13.1. The van der Waals surface area contributed by atoms with Gasteiger partial charge < -0.3 is 5.32 Å². The van der Waals surface area contributed by atoms with Crippen LogP contribution in [0.2, 0.25) is 0 Å². The van der Waals surface area contributed by atoms with Crippen LogP contribution in [0.25, 0.3) is 5.69 Å². The first kappa shape index (κ1) is 15.7. The average Bonchev–Trinajstić information content (AvgIpc) is 3.00. The smallest absolute Gasteiger partial charge is 0.0969 e. The molecule has 21 heavy (non-hydrogen) atoms. The van der Waals surface area contributed by atoms with Crippen LogP contribution in [0.15, 0.2) is 36.5 Å². The lowest BCUT2D eigenvalue weighted by molar-refractivity contribution is 0.418. The van der Waals surface area contributed by atoms with E-state index in [0.29, 0.717) is 0 Å². The molecule has 1 heterocycles. The highest BCUT2D eigenvalue weighted by atomic mass is 15.5. The quantitative estimate of drug-likeness (QED) is 0.766. The van der Waals surface area contributed by atoms with Gasteiger partial charge in [0.1, 0.15) is 0 Å². The van der Waals surface area contributed by atoms with E-state index in [0.717, 1.165) is 30.4 Å². The summed E-state index contributed by atoms with van der Waals surface area (Å²) in [4.78, 5) is 1.69. The third-order valence-electron chi connectivity index (χ3n) is 3.81. The van der Waals surface area contributed by atoms with E-state index in [2.05, 4.69) is 29.4 Å². The Balaban J connectivity index is 1.80. The van der Waals surface area contributed by atoms with Gasteiger partial charge in [0.15, 0.2) is 0 Å². The van der Waals surface area contributed by atoms with Crippen molar-refractivity contribution < 1.29 is 0 Å². The topological polar surface area (TPSA) is 42.7 Å². The lowest BCUT2D eigenvalue weighted by Gasteiger charge is -2.14. The Kier molecular flexibility index (Phi) is 6.41. The second kappa shape index (κ2) is 8.57. The Hall–Kier alpha value is -1.68. The van der Waals surface area contributed by atoms with Crippen molar-refractivity contribution in [1.29, 1.82) is 0 Å². The third-order valence-corrected chi connectivity index (χ3v) is 3.81. The Labute approximate surface area is 127 Å². The van der Waals surface area contributed by atoms with Crippen LogP contribution in [0.5, 0.6) is 0 Å². The van der Waals surface area contributed by atoms with Crippen LogP contribution in [0, 0.1) is 5.92 Å². The maximum absolute atomic E-state index is 4.51. The molecule has 0 aliphatic heterocycles. The van der Waals surface area contributed by atoms with Crippen LogP contribution in [-0.2, 0) is 6.54 Å². The fourth-order valence-corrected chi connectivity index (χ4v) is 2.41. The molecule has 1 aromatic heterocycles. The molecule has 2 aromatic rings. The van der Waals surface area contributed by atoms with Gasteiger partial charge in [-0.1, -0.05) is 51.3 Å². The molecule has 4 nitrogen and oxygen atoms in total. The molecule has 0 spiro atoms. The number of hydrogen-bond donors (Lipinski definition) is 1. The SMILES string of the molecule is CCCCC(CC)CNCc1cnn(-c2ccccc2)n1. The Morgan fingerprint density at radius 2 is 2.00 bits per heavy atom. The minimum atomic E-state index is 0.772. The van der Waals surface area contributed by atoms with Crippen LogP contribution < -0.4 is 5.32 Å². The molecule has 2 rings (SSSR count). The first-order chi connectivity index (χ1) is 10.3. The summed E-state index contributed by atoms with van der Waals surface area (Å²) in [7, 11) is 0. The van der Waals surface area contributed by atoms with Crippen molar-refractivity contribution in [3.05, 3.63) is 42.2 Å². The lowest BCUT2D eigenvalue weighted by atomic mass is 9.99. The molecule has 1 aromatic carbocycles. The highest BCUT2D eigenvalue weighted by Crippen LogP contribution is 2.11. The standard InChI is InChI=1S/C17H26N4/c1-3-5-9-15(4-2)12-18-13-16-14-19-21(20-16)17-10-7-6-8-11-17/h6-8,10-11,14-15,18H,3-5,9,12-13H2,1-2H3. The van der Waals surface area contributed by atoms with E-state index < -0.39 is 0 Å². The van der Waals surface area contributed by atoms with Crippen molar-refractivity contribution in [2.45, 2.75) is 46.1 Å². The number of rotatable bonds is 9.